The van der Waals surface area contributed by atoms with E-state index in [0.29, 0.717) is 18.8 Å². The minimum atomic E-state index is -0.830. The highest BCUT2D eigenvalue weighted by atomic mass is 16.3. The number of nitrogens with one attached hydrogen (secondary N) is 2. The molecule has 20 heavy (non-hydrogen) atoms. The van der Waals surface area contributed by atoms with Gasteiger partial charge in [-0.2, -0.15) is 0 Å². The highest BCUT2D eigenvalue weighted by molar-refractivity contribution is 5.93. The van der Waals surface area contributed by atoms with Gasteiger partial charge in [-0.15, -0.1) is 0 Å². The van der Waals surface area contributed by atoms with Gasteiger partial charge in [-0.1, -0.05) is 13.3 Å². The molecule has 1 amide bonds. The van der Waals surface area contributed by atoms with E-state index < -0.39 is 11.5 Å². The largest absolute Gasteiger partial charge is 0.388 e. The maximum Gasteiger partial charge on any atom is 0.256 e. The van der Waals surface area contributed by atoms with E-state index in [9.17, 15) is 14.7 Å². The summed E-state index contributed by atoms with van der Waals surface area (Å²) in [7, 11) is 0. The Balaban J connectivity index is 1.91. The zero-order chi connectivity index (χ0) is 14.6. The number of rotatable bonds is 4. The van der Waals surface area contributed by atoms with E-state index in [2.05, 4.69) is 17.2 Å². The number of hydrogen-bond acceptors (Lipinski definition) is 3. The molecule has 0 aliphatic heterocycles. The number of hydrogen-bond donors (Lipinski definition) is 3. The fourth-order valence-corrected chi connectivity index (χ4v) is 2.73. The van der Waals surface area contributed by atoms with Crippen molar-refractivity contribution in [2.75, 3.05) is 6.54 Å². The minimum absolute atomic E-state index is 0.0818. The Morgan fingerprint density at radius 1 is 1.50 bits per heavy atom. The Morgan fingerprint density at radius 3 is 2.80 bits per heavy atom. The summed E-state index contributed by atoms with van der Waals surface area (Å²) in [6.45, 7) is 2.37. The summed E-state index contributed by atoms with van der Waals surface area (Å²) in [5, 5.41) is 13.1. The van der Waals surface area contributed by atoms with Crippen LogP contribution in [0.4, 0.5) is 0 Å². The van der Waals surface area contributed by atoms with E-state index in [0.717, 1.165) is 19.3 Å². The second kappa shape index (κ2) is 6.22. The van der Waals surface area contributed by atoms with Crippen LogP contribution in [0.2, 0.25) is 0 Å². The van der Waals surface area contributed by atoms with Crippen molar-refractivity contribution in [2.24, 2.45) is 5.92 Å². The molecular formula is C15H22N2O3. The standard InChI is InChI=1S/C15H22N2O3/c1-2-11-3-6-15(20,7-4-11)10-17-14(19)12-9-16-8-5-13(12)18/h5,8-9,11,20H,2-4,6-7,10H2,1H3,(H,16,18)(H,17,19). The van der Waals surface area contributed by atoms with Crippen LogP contribution in [0.5, 0.6) is 0 Å². The first-order valence-corrected chi connectivity index (χ1v) is 7.22. The van der Waals surface area contributed by atoms with Gasteiger partial charge in [0.25, 0.3) is 5.91 Å². The van der Waals surface area contributed by atoms with Gasteiger partial charge in [0.05, 0.1) is 5.60 Å². The maximum atomic E-state index is 11.9. The van der Waals surface area contributed by atoms with Crippen molar-refractivity contribution < 1.29 is 9.90 Å². The third-order valence-electron chi connectivity index (χ3n) is 4.26. The van der Waals surface area contributed by atoms with E-state index in [1.807, 2.05) is 0 Å². The van der Waals surface area contributed by atoms with Crippen molar-refractivity contribution in [1.29, 1.82) is 0 Å². The zero-order valence-electron chi connectivity index (χ0n) is 11.8. The zero-order valence-corrected chi connectivity index (χ0v) is 11.8. The molecule has 1 heterocycles. The topological polar surface area (TPSA) is 82.2 Å². The van der Waals surface area contributed by atoms with Crippen LogP contribution in [0, 0.1) is 5.92 Å². The molecule has 0 atom stereocenters. The third-order valence-corrected chi connectivity index (χ3v) is 4.26. The molecule has 3 N–H and O–H groups in total. The van der Waals surface area contributed by atoms with Crippen molar-refractivity contribution in [3.63, 3.8) is 0 Å². The van der Waals surface area contributed by atoms with Gasteiger partial charge in [-0.05, 0) is 31.6 Å². The van der Waals surface area contributed by atoms with Crippen LogP contribution in [0.3, 0.4) is 0 Å². The minimum Gasteiger partial charge on any atom is -0.388 e. The van der Waals surface area contributed by atoms with E-state index in [1.54, 1.807) is 0 Å². The van der Waals surface area contributed by atoms with E-state index in [1.165, 1.54) is 18.5 Å². The summed E-state index contributed by atoms with van der Waals surface area (Å²) in [6, 6.07) is 1.32. The number of pyridine rings is 1. The predicted octanol–water partition coefficient (Wildman–Crippen LogP) is 1.44. The van der Waals surface area contributed by atoms with Crippen LogP contribution in [-0.2, 0) is 0 Å². The molecule has 0 saturated heterocycles. The molecule has 2 rings (SSSR count). The summed E-state index contributed by atoms with van der Waals surface area (Å²) in [4.78, 5) is 26.2. The summed E-state index contributed by atoms with van der Waals surface area (Å²) >= 11 is 0. The highest BCUT2D eigenvalue weighted by Gasteiger charge is 2.33. The van der Waals surface area contributed by atoms with Crippen molar-refractivity contribution in [3.05, 3.63) is 34.2 Å². The SMILES string of the molecule is CCC1CCC(O)(CNC(=O)c2c[nH]ccc2=O)CC1. The summed E-state index contributed by atoms with van der Waals surface area (Å²) in [5.74, 6) is 0.251. The van der Waals surface area contributed by atoms with Crippen LogP contribution in [0.15, 0.2) is 23.3 Å². The smallest absolute Gasteiger partial charge is 0.256 e. The first-order valence-electron chi connectivity index (χ1n) is 7.22. The molecular weight excluding hydrogens is 256 g/mol. The van der Waals surface area contributed by atoms with Gasteiger partial charge in [-0.25, -0.2) is 0 Å². The average Bonchev–Trinajstić information content (AvgIpc) is 2.46. The second-order valence-corrected chi connectivity index (χ2v) is 5.68. The van der Waals surface area contributed by atoms with Crippen LogP contribution in [0.1, 0.15) is 49.4 Å². The van der Waals surface area contributed by atoms with Gasteiger partial charge in [0.15, 0.2) is 5.43 Å². The Hall–Kier alpha value is -1.62. The molecule has 1 aliphatic carbocycles. The quantitative estimate of drug-likeness (QED) is 0.779. The first-order chi connectivity index (χ1) is 9.54. The van der Waals surface area contributed by atoms with Gasteiger partial charge < -0.3 is 15.4 Å². The molecule has 1 aromatic rings. The molecule has 0 aromatic carbocycles. The van der Waals surface area contributed by atoms with E-state index >= 15 is 0 Å². The molecule has 1 aromatic heterocycles. The number of amides is 1. The van der Waals surface area contributed by atoms with Crippen molar-refractivity contribution in [1.82, 2.24) is 10.3 Å². The molecule has 1 fully saturated rings. The Kier molecular flexibility index (Phi) is 4.60. The fraction of sp³-hybridized carbons (Fsp3) is 0.600. The number of H-pyrrole nitrogens is 1. The molecule has 5 nitrogen and oxygen atoms in total. The lowest BCUT2D eigenvalue weighted by Crippen LogP contribution is -2.46. The van der Waals surface area contributed by atoms with E-state index in [-0.39, 0.29) is 17.5 Å². The van der Waals surface area contributed by atoms with Crippen LogP contribution in [-0.4, -0.2) is 28.1 Å². The third kappa shape index (κ3) is 3.48. The number of carbonyl (C=O) groups is 1. The monoisotopic (exact) mass is 278 g/mol. The number of aliphatic hydroxyl groups is 1. The molecule has 110 valence electrons. The molecule has 1 aliphatic rings. The predicted molar refractivity (Wildman–Crippen MR) is 76.6 cm³/mol. The number of aromatic nitrogens is 1. The normalized spacial score (nSPS) is 26.2. The van der Waals surface area contributed by atoms with Crippen LogP contribution in [0.25, 0.3) is 0 Å². The van der Waals surface area contributed by atoms with Gasteiger partial charge in [-0.3, -0.25) is 9.59 Å². The van der Waals surface area contributed by atoms with Crippen molar-refractivity contribution >= 4 is 5.91 Å². The van der Waals surface area contributed by atoms with Gasteiger partial charge in [0.1, 0.15) is 5.56 Å². The Labute approximate surface area is 118 Å². The summed E-state index contributed by atoms with van der Waals surface area (Å²) in [5.41, 5.74) is -1.07. The molecule has 0 radical (unpaired) electrons. The number of aromatic amines is 1. The van der Waals surface area contributed by atoms with Gasteiger partial charge in [0, 0.05) is 25.0 Å². The first kappa shape index (κ1) is 14.8. The highest BCUT2D eigenvalue weighted by Crippen LogP contribution is 2.33. The van der Waals surface area contributed by atoms with Gasteiger partial charge >= 0.3 is 0 Å². The van der Waals surface area contributed by atoms with Crippen molar-refractivity contribution in [3.8, 4) is 0 Å². The molecule has 1 saturated carbocycles. The Bertz CT molecular complexity index is 516. The molecule has 0 bridgehead atoms. The fourth-order valence-electron chi connectivity index (χ4n) is 2.73. The molecule has 5 heteroatoms. The lowest BCUT2D eigenvalue weighted by atomic mass is 9.78. The molecule has 0 unspecified atom stereocenters. The van der Waals surface area contributed by atoms with Crippen LogP contribution >= 0.6 is 0 Å². The second-order valence-electron chi connectivity index (χ2n) is 5.68. The maximum absolute atomic E-state index is 11.9. The van der Waals surface area contributed by atoms with Crippen LogP contribution < -0.4 is 10.7 Å². The van der Waals surface area contributed by atoms with Gasteiger partial charge in [0.2, 0.25) is 0 Å². The number of carbonyl (C=O) groups excluding carboxylic acids is 1. The average molecular weight is 278 g/mol. The lowest BCUT2D eigenvalue weighted by Gasteiger charge is -2.35. The lowest BCUT2D eigenvalue weighted by molar-refractivity contribution is -0.00787. The summed E-state index contributed by atoms with van der Waals surface area (Å²) in [6.07, 6.45) is 7.41. The van der Waals surface area contributed by atoms with Crippen molar-refractivity contribution in [2.45, 2.75) is 44.6 Å². The Morgan fingerprint density at radius 2 is 2.20 bits per heavy atom. The molecule has 0 spiro atoms. The van der Waals surface area contributed by atoms with E-state index in [4.69, 9.17) is 0 Å². The summed E-state index contributed by atoms with van der Waals surface area (Å²) < 4.78 is 0.